The molecule has 0 bridgehead atoms. The van der Waals surface area contributed by atoms with Gasteiger partial charge in [-0.2, -0.15) is 4.31 Å². The number of halogens is 1. The van der Waals surface area contributed by atoms with E-state index in [0.29, 0.717) is 29.6 Å². The second kappa shape index (κ2) is 6.76. The van der Waals surface area contributed by atoms with E-state index in [4.69, 9.17) is 11.6 Å². The van der Waals surface area contributed by atoms with Crippen molar-refractivity contribution in [3.05, 3.63) is 40.4 Å². The van der Waals surface area contributed by atoms with Crippen molar-refractivity contribution >= 4 is 38.1 Å². The van der Waals surface area contributed by atoms with Crippen molar-refractivity contribution in [3.8, 4) is 0 Å². The minimum absolute atomic E-state index is 0.299. The number of hydrogen-bond donors (Lipinski definition) is 0. The zero-order valence-electron chi connectivity index (χ0n) is 12.8. The Hall–Kier alpha value is -1.15. The first kappa shape index (κ1) is 16.7. The number of rotatable bonds is 3. The van der Waals surface area contributed by atoms with Crippen molar-refractivity contribution in [2.45, 2.75) is 18.2 Å². The molecular formula is C15H18ClN3O2S2. The Labute approximate surface area is 145 Å². The highest BCUT2D eigenvalue weighted by molar-refractivity contribution is 7.89. The van der Waals surface area contributed by atoms with Gasteiger partial charge >= 0.3 is 0 Å². The molecule has 0 atom stereocenters. The van der Waals surface area contributed by atoms with E-state index in [1.807, 2.05) is 5.38 Å². The van der Waals surface area contributed by atoms with Crippen LogP contribution in [0.4, 0.5) is 5.13 Å². The van der Waals surface area contributed by atoms with Crippen LogP contribution in [0.1, 0.15) is 12.0 Å². The third kappa shape index (κ3) is 3.52. The third-order valence-corrected chi connectivity index (χ3v) is 7.02. The van der Waals surface area contributed by atoms with Gasteiger partial charge in [0.15, 0.2) is 5.13 Å². The zero-order valence-corrected chi connectivity index (χ0v) is 15.2. The van der Waals surface area contributed by atoms with E-state index in [1.54, 1.807) is 40.9 Å². The van der Waals surface area contributed by atoms with E-state index >= 15 is 0 Å². The molecule has 1 aliphatic rings. The number of hydrogen-bond acceptors (Lipinski definition) is 5. The fourth-order valence-corrected chi connectivity index (χ4v) is 5.34. The molecule has 0 N–H and O–H groups in total. The average molecular weight is 372 g/mol. The summed E-state index contributed by atoms with van der Waals surface area (Å²) in [5.74, 6) is 0. The number of thiazole rings is 1. The lowest BCUT2D eigenvalue weighted by molar-refractivity contribution is 0.433. The Kier molecular flexibility index (Phi) is 4.91. The summed E-state index contributed by atoms with van der Waals surface area (Å²) in [5, 5.41) is 3.32. The molecule has 1 aromatic carbocycles. The highest BCUT2D eigenvalue weighted by atomic mass is 35.5. The van der Waals surface area contributed by atoms with Crippen LogP contribution < -0.4 is 4.90 Å². The van der Waals surface area contributed by atoms with E-state index in [0.717, 1.165) is 23.7 Å². The summed E-state index contributed by atoms with van der Waals surface area (Å²) >= 11 is 7.56. The molecule has 2 heterocycles. The predicted octanol–water partition coefficient (Wildman–Crippen LogP) is 3.01. The molecule has 124 valence electrons. The molecule has 23 heavy (non-hydrogen) atoms. The largest absolute Gasteiger partial charge is 0.347 e. The standard InChI is InChI=1S/C15H18ClN3O2S2/c1-12-3-4-13(16)11-14(12)23(20,21)19-7-2-6-18(8-9-19)15-17-5-10-22-15/h3-5,10-11H,2,6-9H2,1H3. The Morgan fingerprint density at radius 1 is 1.22 bits per heavy atom. The molecule has 3 rings (SSSR count). The van der Waals surface area contributed by atoms with Crippen LogP contribution in [-0.4, -0.2) is 43.9 Å². The molecule has 8 heteroatoms. The highest BCUT2D eigenvalue weighted by Gasteiger charge is 2.28. The molecule has 1 saturated heterocycles. The van der Waals surface area contributed by atoms with E-state index in [9.17, 15) is 8.42 Å². The molecule has 5 nitrogen and oxygen atoms in total. The van der Waals surface area contributed by atoms with Gasteiger partial charge in [0.25, 0.3) is 0 Å². The molecule has 1 fully saturated rings. The van der Waals surface area contributed by atoms with Gasteiger partial charge in [0.1, 0.15) is 0 Å². The van der Waals surface area contributed by atoms with Gasteiger partial charge in [0.05, 0.1) is 4.90 Å². The number of aromatic nitrogens is 1. The number of nitrogens with zero attached hydrogens (tertiary/aromatic N) is 3. The normalized spacial score (nSPS) is 17.2. The molecule has 1 aromatic heterocycles. The summed E-state index contributed by atoms with van der Waals surface area (Å²) < 4.78 is 27.4. The van der Waals surface area contributed by atoms with Crippen LogP contribution in [-0.2, 0) is 10.0 Å². The van der Waals surface area contributed by atoms with Crippen molar-refractivity contribution in [2.75, 3.05) is 31.1 Å². The summed E-state index contributed by atoms with van der Waals surface area (Å²) in [4.78, 5) is 6.75. The first-order valence-corrected chi connectivity index (χ1v) is 10.1. The molecule has 0 radical (unpaired) electrons. The van der Waals surface area contributed by atoms with Crippen LogP contribution >= 0.6 is 22.9 Å². The van der Waals surface area contributed by atoms with Crippen LogP contribution in [0, 0.1) is 6.92 Å². The first-order chi connectivity index (χ1) is 11.0. The van der Waals surface area contributed by atoms with Crippen LogP contribution in [0.3, 0.4) is 0 Å². The fraction of sp³-hybridized carbons (Fsp3) is 0.400. The molecule has 2 aromatic rings. The SMILES string of the molecule is Cc1ccc(Cl)cc1S(=O)(=O)N1CCCN(c2nccs2)CC1. The summed E-state index contributed by atoms with van der Waals surface area (Å²) in [6.45, 7) is 4.22. The topological polar surface area (TPSA) is 53.5 Å². The lowest BCUT2D eigenvalue weighted by Crippen LogP contribution is -2.35. The van der Waals surface area contributed by atoms with Gasteiger partial charge in [-0.05, 0) is 31.0 Å². The average Bonchev–Trinajstić information content (AvgIpc) is 2.93. The summed E-state index contributed by atoms with van der Waals surface area (Å²) in [6.07, 6.45) is 2.55. The lowest BCUT2D eigenvalue weighted by atomic mass is 10.2. The first-order valence-electron chi connectivity index (χ1n) is 7.39. The second-order valence-electron chi connectivity index (χ2n) is 5.47. The Bertz CT molecular complexity index is 778. The van der Waals surface area contributed by atoms with Gasteiger partial charge in [-0.3, -0.25) is 0 Å². The Morgan fingerprint density at radius 2 is 2.04 bits per heavy atom. The maximum absolute atomic E-state index is 12.9. The Morgan fingerprint density at radius 3 is 2.78 bits per heavy atom. The fourth-order valence-electron chi connectivity index (χ4n) is 2.69. The lowest BCUT2D eigenvalue weighted by Gasteiger charge is -2.22. The van der Waals surface area contributed by atoms with Crippen molar-refractivity contribution < 1.29 is 8.42 Å². The van der Waals surface area contributed by atoms with Crippen molar-refractivity contribution in [1.82, 2.24) is 9.29 Å². The van der Waals surface area contributed by atoms with E-state index in [-0.39, 0.29) is 0 Å². The van der Waals surface area contributed by atoms with Gasteiger partial charge in [-0.15, -0.1) is 11.3 Å². The van der Waals surface area contributed by atoms with Crippen LogP contribution in [0.15, 0.2) is 34.7 Å². The van der Waals surface area contributed by atoms with Crippen LogP contribution in [0.25, 0.3) is 0 Å². The van der Waals surface area contributed by atoms with Gasteiger partial charge in [-0.25, -0.2) is 13.4 Å². The van der Waals surface area contributed by atoms with Gasteiger partial charge in [0.2, 0.25) is 10.0 Å². The number of sulfonamides is 1. The van der Waals surface area contributed by atoms with E-state index in [1.165, 1.54) is 6.07 Å². The minimum atomic E-state index is -3.53. The number of benzene rings is 1. The number of anilines is 1. The van der Waals surface area contributed by atoms with Gasteiger partial charge in [-0.1, -0.05) is 17.7 Å². The van der Waals surface area contributed by atoms with Crippen LogP contribution in [0.5, 0.6) is 0 Å². The molecule has 0 spiro atoms. The molecule has 0 saturated carbocycles. The summed E-state index contributed by atoms with van der Waals surface area (Å²) in [5.41, 5.74) is 0.718. The molecule has 1 aliphatic heterocycles. The molecule has 0 aliphatic carbocycles. The zero-order chi connectivity index (χ0) is 16.4. The third-order valence-electron chi connectivity index (χ3n) is 3.91. The Balaban J connectivity index is 1.82. The smallest absolute Gasteiger partial charge is 0.243 e. The molecular weight excluding hydrogens is 354 g/mol. The molecule has 0 amide bonds. The maximum Gasteiger partial charge on any atom is 0.243 e. The van der Waals surface area contributed by atoms with Crippen LogP contribution in [0.2, 0.25) is 5.02 Å². The quantitative estimate of drug-likeness (QED) is 0.832. The monoisotopic (exact) mass is 371 g/mol. The molecule has 0 unspecified atom stereocenters. The second-order valence-corrected chi connectivity index (χ2v) is 8.68. The van der Waals surface area contributed by atoms with Crippen molar-refractivity contribution in [3.63, 3.8) is 0 Å². The van der Waals surface area contributed by atoms with E-state index < -0.39 is 10.0 Å². The maximum atomic E-state index is 12.9. The van der Waals surface area contributed by atoms with E-state index in [2.05, 4.69) is 9.88 Å². The number of aryl methyl sites for hydroxylation is 1. The highest BCUT2D eigenvalue weighted by Crippen LogP contribution is 2.26. The minimum Gasteiger partial charge on any atom is -0.347 e. The summed E-state index contributed by atoms with van der Waals surface area (Å²) in [6, 6.07) is 4.99. The van der Waals surface area contributed by atoms with Crippen molar-refractivity contribution in [2.24, 2.45) is 0 Å². The summed E-state index contributed by atoms with van der Waals surface area (Å²) in [7, 11) is -3.53. The van der Waals surface area contributed by atoms with Gasteiger partial charge in [0, 0.05) is 42.8 Å². The van der Waals surface area contributed by atoms with Crippen molar-refractivity contribution in [1.29, 1.82) is 0 Å². The predicted molar refractivity (Wildman–Crippen MR) is 93.9 cm³/mol. The van der Waals surface area contributed by atoms with Gasteiger partial charge < -0.3 is 4.90 Å².